The molecule has 228 valence electrons. The molecule has 1 aliphatic rings. The van der Waals surface area contributed by atoms with Gasteiger partial charge in [-0.15, -0.1) is 18.3 Å². The molecule has 1 amide bonds. The highest BCUT2D eigenvalue weighted by Gasteiger charge is 2.32. The highest BCUT2D eigenvalue weighted by Crippen LogP contribution is 2.34. The minimum absolute atomic E-state index is 0.0253. The van der Waals surface area contributed by atoms with E-state index in [4.69, 9.17) is 12.2 Å². The number of halogens is 3. The monoisotopic (exact) mass is 638 g/mol. The van der Waals surface area contributed by atoms with Gasteiger partial charge in [0.25, 0.3) is 0 Å². The number of ether oxygens (including phenoxy) is 1. The van der Waals surface area contributed by atoms with Crippen LogP contribution in [0.15, 0.2) is 78.0 Å². The van der Waals surface area contributed by atoms with E-state index >= 15 is 0 Å². The Bertz CT molecular complexity index is 1700. The number of hydrogen-bond donors (Lipinski definition) is 1. The van der Waals surface area contributed by atoms with Crippen molar-refractivity contribution in [3.63, 3.8) is 0 Å². The van der Waals surface area contributed by atoms with Gasteiger partial charge in [0.1, 0.15) is 12.1 Å². The Balaban J connectivity index is 1.21. The Morgan fingerprint density at radius 1 is 1.14 bits per heavy atom. The summed E-state index contributed by atoms with van der Waals surface area (Å²) in [5.74, 6) is 0.678. The number of alkyl halides is 3. The van der Waals surface area contributed by atoms with E-state index in [0.717, 1.165) is 27.9 Å². The van der Waals surface area contributed by atoms with Crippen molar-refractivity contribution in [2.75, 3.05) is 17.2 Å². The van der Waals surface area contributed by atoms with Crippen LogP contribution >= 0.6 is 24.0 Å². The lowest BCUT2D eigenvalue weighted by Gasteiger charge is -2.22. The first kappa shape index (κ1) is 31.2. The molecule has 0 atom stereocenters. The zero-order valence-electron chi connectivity index (χ0n) is 24.1. The molecule has 2 heterocycles. The maximum Gasteiger partial charge on any atom is 0.573 e. The van der Waals surface area contributed by atoms with Crippen molar-refractivity contribution in [2.24, 2.45) is 4.99 Å². The number of thiocarbonyl (C=S) groups is 1. The molecule has 1 fully saturated rings. The van der Waals surface area contributed by atoms with Gasteiger partial charge < -0.3 is 10.1 Å². The summed E-state index contributed by atoms with van der Waals surface area (Å²) in [6, 6.07) is 19.2. The van der Waals surface area contributed by atoms with E-state index in [2.05, 4.69) is 45.0 Å². The molecule has 44 heavy (non-hydrogen) atoms. The summed E-state index contributed by atoms with van der Waals surface area (Å²) in [6.45, 7) is 6.76. The summed E-state index contributed by atoms with van der Waals surface area (Å²) in [4.78, 5) is 23.4. The van der Waals surface area contributed by atoms with E-state index in [0.29, 0.717) is 40.5 Å². The quantitative estimate of drug-likeness (QED) is 0.212. The number of aliphatic imine (C=N–C) groups is 1. The number of thioether (sulfide) groups is 1. The third-order valence-electron chi connectivity index (χ3n) is 6.71. The predicted molar refractivity (Wildman–Crippen MR) is 170 cm³/mol. The molecule has 0 aliphatic carbocycles. The first-order valence-corrected chi connectivity index (χ1v) is 15.2. The van der Waals surface area contributed by atoms with Crippen molar-refractivity contribution in [2.45, 2.75) is 39.5 Å². The van der Waals surface area contributed by atoms with E-state index in [1.807, 2.05) is 43.3 Å². The van der Waals surface area contributed by atoms with E-state index < -0.39 is 6.36 Å². The van der Waals surface area contributed by atoms with Crippen LogP contribution in [0, 0.1) is 6.92 Å². The smallest absolute Gasteiger partial charge is 0.406 e. The molecule has 1 aromatic heterocycles. The normalized spacial score (nSPS) is 14.5. The van der Waals surface area contributed by atoms with Gasteiger partial charge in [0, 0.05) is 12.1 Å². The Hall–Kier alpha value is -4.23. The molecule has 4 aromatic rings. The van der Waals surface area contributed by atoms with Gasteiger partial charge in [-0.1, -0.05) is 61.5 Å². The Labute approximate surface area is 262 Å². The summed E-state index contributed by atoms with van der Waals surface area (Å²) in [7, 11) is 0. The second kappa shape index (κ2) is 13.2. The van der Waals surface area contributed by atoms with Crippen LogP contribution in [0.2, 0.25) is 0 Å². The number of aromatic nitrogens is 3. The zero-order valence-corrected chi connectivity index (χ0v) is 25.8. The second-order valence-electron chi connectivity index (χ2n) is 10.4. The molecule has 13 heteroatoms. The summed E-state index contributed by atoms with van der Waals surface area (Å²) in [6.07, 6.45) is -2.61. The molecule has 0 saturated carbocycles. The standard InChI is InChI=1S/C31H29F3N6O2S2/c1-19(2)25-15-20(3)7-12-26(25)40-27(41)17-44-30(40)37-29(43)35-14-13-21-5-4-6-22(16-21)28-36-18-39(38-28)23-8-10-24(11-9-23)42-31(32,33)34/h4-12,15-16,18-19H,13-14,17H2,1-3H3,(H,35,43). The number of carbonyl (C=O) groups is 1. The number of anilines is 1. The topological polar surface area (TPSA) is 84.6 Å². The number of benzene rings is 3. The molecule has 3 aromatic carbocycles. The molecule has 8 nitrogen and oxygen atoms in total. The van der Waals surface area contributed by atoms with Gasteiger partial charge in [0.2, 0.25) is 5.91 Å². The number of hydrogen-bond acceptors (Lipinski definition) is 6. The lowest BCUT2D eigenvalue weighted by molar-refractivity contribution is -0.274. The van der Waals surface area contributed by atoms with Gasteiger partial charge >= 0.3 is 6.36 Å². The van der Waals surface area contributed by atoms with Gasteiger partial charge in [0.05, 0.1) is 17.1 Å². The largest absolute Gasteiger partial charge is 0.573 e. The first-order chi connectivity index (χ1) is 21.0. The Morgan fingerprint density at radius 3 is 2.64 bits per heavy atom. The lowest BCUT2D eigenvalue weighted by atomic mass is 9.98. The van der Waals surface area contributed by atoms with Crippen LogP contribution in [0.5, 0.6) is 5.75 Å². The molecular weight excluding hydrogens is 610 g/mol. The van der Waals surface area contributed by atoms with Gasteiger partial charge in [-0.3, -0.25) is 9.69 Å². The highest BCUT2D eigenvalue weighted by molar-refractivity contribution is 8.15. The molecular formula is C31H29F3N6O2S2. The molecule has 1 N–H and O–H groups in total. The average Bonchev–Trinajstić information content (AvgIpc) is 3.60. The minimum Gasteiger partial charge on any atom is -0.406 e. The number of rotatable bonds is 8. The van der Waals surface area contributed by atoms with Gasteiger partial charge in [-0.2, -0.15) is 4.99 Å². The van der Waals surface area contributed by atoms with Crippen molar-refractivity contribution < 1.29 is 22.7 Å². The fraction of sp³-hybridized carbons (Fsp3) is 0.258. The van der Waals surface area contributed by atoms with Crippen molar-refractivity contribution in [3.8, 4) is 22.8 Å². The summed E-state index contributed by atoms with van der Waals surface area (Å²) in [5.41, 5.74) is 5.40. The first-order valence-electron chi connectivity index (χ1n) is 13.8. The van der Waals surface area contributed by atoms with E-state index in [1.54, 1.807) is 4.90 Å². The molecule has 5 rings (SSSR count). The molecule has 1 saturated heterocycles. The number of amidine groups is 1. The number of carbonyl (C=O) groups excluding carboxylic acids is 1. The maximum absolute atomic E-state index is 12.8. The van der Waals surface area contributed by atoms with Crippen LogP contribution in [0.1, 0.15) is 36.5 Å². The van der Waals surface area contributed by atoms with Crippen LogP contribution in [0.25, 0.3) is 17.1 Å². The van der Waals surface area contributed by atoms with Crippen molar-refractivity contribution in [1.29, 1.82) is 0 Å². The van der Waals surface area contributed by atoms with Gasteiger partial charge in [-0.05, 0) is 79.0 Å². The fourth-order valence-electron chi connectivity index (χ4n) is 4.65. The predicted octanol–water partition coefficient (Wildman–Crippen LogP) is 6.82. The average molecular weight is 639 g/mol. The fourth-order valence-corrected chi connectivity index (χ4v) is 5.76. The molecule has 1 aliphatic heterocycles. The van der Waals surface area contributed by atoms with E-state index in [9.17, 15) is 18.0 Å². The number of amides is 1. The summed E-state index contributed by atoms with van der Waals surface area (Å²) >= 11 is 6.87. The second-order valence-corrected chi connectivity index (χ2v) is 11.7. The van der Waals surface area contributed by atoms with Crippen LogP contribution in [0.3, 0.4) is 0 Å². The third kappa shape index (κ3) is 7.64. The Morgan fingerprint density at radius 2 is 1.91 bits per heavy atom. The van der Waals surface area contributed by atoms with Crippen LogP contribution < -0.4 is 15.0 Å². The third-order valence-corrected chi connectivity index (χ3v) is 7.87. The summed E-state index contributed by atoms with van der Waals surface area (Å²) in [5, 5.41) is 8.51. The van der Waals surface area contributed by atoms with Crippen LogP contribution in [-0.2, 0) is 11.2 Å². The van der Waals surface area contributed by atoms with Gasteiger partial charge in [0.15, 0.2) is 16.1 Å². The highest BCUT2D eigenvalue weighted by atomic mass is 32.2. The van der Waals surface area contributed by atoms with Crippen molar-refractivity contribution in [3.05, 3.63) is 89.7 Å². The lowest BCUT2D eigenvalue weighted by Crippen LogP contribution is -2.32. The van der Waals surface area contributed by atoms with E-state index in [-0.39, 0.29) is 17.6 Å². The number of aryl methyl sites for hydroxylation is 1. The molecule has 0 unspecified atom stereocenters. The van der Waals surface area contributed by atoms with Gasteiger partial charge in [-0.25, -0.2) is 9.67 Å². The van der Waals surface area contributed by atoms with Crippen molar-refractivity contribution >= 4 is 45.9 Å². The van der Waals surface area contributed by atoms with Crippen molar-refractivity contribution in [1.82, 2.24) is 20.1 Å². The minimum atomic E-state index is -4.75. The summed E-state index contributed by atoms with van der Waals surface area (Å²) < 4.78 is 42.7. The molecule has 0 radical (unpaired) electrons. The van der Waals surface area contributed by atoms with Crippen LogP contribution in [0.4, 0.5) is 18.9 Å². The van der Waals surface area contributed by atoms with E-state index in [1.165, 1.54) is 47.0 Å². The molecule has 0 spiro atoms. The zero-order chi connectivity index (χ0) is 31.4. The van der Waals surface area contributed by atoms with Crippen LogP contribution in [-0.4, -0.2) is 49.6 Å². The maximum atomic E-state index is 12.8. The number of nitrogens with one attached hydrogen (secondary N) is 1. The Kier molecular flexibility index (Phi) is 9.35. The SMILES string of the molecule is Cc1ccc(N2C(=O)CSC2=NC(=S)NCCc2cccc(-c3ncn(-c4ccc(OC(F)(F)F)cc4)n3)c2)c(C(C)C)c1. The molecule has 0 bridgehead atoms. The number of nitrogens with zero attached hydrogens (tertiary/aromatic N) is 5.